The summed E-state index contributed by atoms with van der Waals surface area (Å²) in [4.78, 5) is 0. The van der Waals surface area contributed by atoms with Crippen LogP contribution in [0.15, 0.2) is 24.3 Å². The highest BCUT2D eigenvalue weighted by atomic mass is 32.2. The maximum atomic E-state index is 12.7. The third-order valence-corrected chi connectivity index (χ3v) is 3.04. The van der Waals surface area contributed by atoms with Gasteiger partial charge in [0.1, 0.15) is 5.82 Å². The van der Waals surface area contributed by atoms with Gasteiger partial charge in [-0.3, -0.25) is 0 Å². The zero-order valence-corrected chi connectivity index (χ0v) is 10.1. The predicted molar refractivity (Wildman–Crippen MR) is 65.8 cm³/mol. The highest BCUT2D eigenvalue weighted by Crippen LogP contribution is 2.12. The summed E-state index contributed by atoms with van der Waals surface area (Å²) in [5.74, 6) is 1.01. The number of hydrogen-bond acceptors (Lipinski definition) is 2. The van der Waals surface area contributed by atoms with Crippen LogP contribution < -0.4 is 5.32 Å². The first-order chi connectivity index (χ1) is 7.24. The van der Waals surface area contributed by atoms with E-state index in [0.717, 1.165) is 12.1 Å². The van der Waals surface area contributed by atoms with Crippen molar-refractivity contribution in [3.05, 3.63) is 35.6 Å². The number of rotatable bonds is 6. The molecule has 1 aromatic carbocycles. The van der Waals surface area contributed by atoms with Crippen LogP contribution in [-0.4, -0.2) is 18.6 Å². The van der Waals surface area contributed by atoms with Gasteiger partial charge in [-0.25, -0.2) is 4.39 Å². The Morgan fingerprint density at radius 1 is 1.33 bits per heavy atom. The second-order valence-corrected chi connectivity index (χ2v) is 4.56. The van der Waals surface area contributed by atoms with Crippen LogP contribution in [0.2, 0.25) is 0 Å². The number of thioether (sulfide) groups is 1. The molecule has 1 nitrogen and oxygen atoms in total. The quantitative estimate of drug-likeness (QED) is 0.749. The zero-order valence-electron chi connectivity index (χ0n) is 9.29. The molecule has 84 valence electrons. The molecule has 0 unspecified atom stereocenters. The topological polar surface area (TPSA) is 12.0 Å². The van der Waals surface area contributed by atoms with Crippen molar-refractivity contribution < 1.29 is 4.39 Å². The Hall–Kier alpha value is -0.540. The highest BCUT2D eigenvalue weighted by Gasteiger charge is 2.03. The third kappa shape index (κ3) is 4.67. The molecule has 0 aromatic heterocycles. The number of benzene rings is 1. The van der Waals surface area contributed by atoms with Crippen molar-refractivity contribution >= 4 is 11.8 Å². The fraction of sp³-hybridized carbons (Fsp3) is 0.500. The first-order valence-corrected chi connectivity index (χ1v) is 6.61. The molecule has 1 N–H and O–H groups in total. The summed E-state index contributed by atoms with van der Waals surface area (Å²) in [6.45, 7) is 3.12. The number of halogens is 1. The van der Waals surface area contributed by atoms with Gasteiger partial charge in [-0.15, -0.1) is 0 Å². The molecule has 0 saturated heterocycles. The van der Waals surface area contributed by atoms with Crippen LogP contribution in [0, 0.1) is 5.82 Å². The summed E-state index contributed by atoms with van der Waals surface area (Å²) >= 11 is 1.86. The molecule has 0 saturated carbocycles. The number of nitrogens with one attached hydrogen (secondary N) is 1. The van der Waals surface area contributed by atoms with E-state index in [2.05, 4.69) is 18.5 Å². The molecule has 1 rings (SSSR count). The molecule has 0 aliphatic heterocycles. The lowest BCUT2D eigenvalue weighted by atomic mass is 10.1. The zero-order chi connectivity index (χ0) is 11.1. The van der Waals surface area contributed by atoms with E-state index in [0.29, 0.717) is 6.04 Å². The summed E-state index contributed by atoms with van der Waals surface area (Å²) in [7, 11) is 0. The Morgan fingerprint density at radius 3 is 2.60 bits per heavy atom. The number of hydrogen-bond donors (Lipinski definition) is 1. The van der Waals surface area contributed by atoms with Crippen molar-refractivity contribution in [2.45, 2.75) is 19.4 Å². The molecule has 0 fully saturated rings. The second-order valence-electron chi connectivity index (χ2n) is 3.57. The molecule has 0 bridgehead atoms. The minimum absolute atomic E-state index is 0.173. The molecule has 1 atom stereocenters. The van der Waals surface area contributed by atoms with Crippen LogP contribution in [0.3, 0.4) is 0 Å². The monoisotopic (exact) mass is 227 g/mol. The first-order valence-electron chi connectivity index (χ1n) is 5.22. The lowest BCUT2D eigenvalue weighted by Crippen LogP contribution is -2.20. The molecule has 0 spiro atoms. The van der Waals surface area contributed by atoms with Crippen molar-refractivity contribution in [1.29, 1.82) is 0 Å². The molecule has 1 aromatic rings. The Kier molecular flexibility index (Phi) is 5.73. The lowest BCUT2D eigenvalue weighted by Gasteiger charge is -2.13. The van der Waals surface area contributed by atoms with E-state index in [1.165, 1.54) is 24.3 Å². The van der Waals surface area contributed by atoms with Gasteiger partial charge in [-0.05, 0) is 49.6 Å². The van der Waals surface area contributed by atoms with Gasteiger partial charge in [0.2, 0.25) is 0 Å². The van der Waals surface area contributed by atoms with Gasteiger partial charge in [0, 0.05) is 6.04 Å². The fourth-order valence-corrected chi connectivity index (χ4v) is 1.84. The van der Waals surface area contributed by atoms with Crippen molar-refractivity contribution in [3.8, 4) is 0 Å². The Bertz CT molecular complexity index is 273. The average Bonchev–Trinajstić information content (AvgIpc) is 2.25. The van der Waals surface area contributed by atoms with Crippen molar-refractivity contribution in [1.82, 2.24) is 5.32 Å². The van der Waals surface area contributed by atoms with E-state index in [-0.39, 0.29) is 5.82 Å². The van der Waals surface area contributed by atoms with Crippen molar-refractivity contribution in [3.63, 3.8) is 0 Å². The summed E-state index contributed by atoms with van der Waals surface area (Å²) in [5.41, 5.74) is 1.14. The van der Waals surface area contributed by atoms with Gasteiger partial charge >= 0.3 is 0 Å². The molecule has 0 aliphatic carbocycles. The average molecular weight is 227 g/mol. The van der Waals surface area contributed by atoms with E-state index >= 15 is 0 Å². The summed E-state index contributed by atoms with van der Waals surface area (Å²) in [5, 5.41) is 3.42. The molecule has 0 radical (unpaired) electrons. The Morgan fingerprint density at radius 2 is 2.00 bits per heavy atom. The van der Waals surface area contributed by atoms with Crippen LogP contribution in [0.4, 0.5) is 4.39 Å². The maximum Gasteiger partial charge on any atom is 0.123 e. The first kappa shape index (κ1) is 12.5. The van der Waals surface area contributed by atoms with Gasteiger partial charge in [-0.2, -0.15) is 11.8 Å². The highest BCUT2D eigenvalue weighted by molar-refractivity contribution is 7.98. The predicted octanol–water partition coefficient (Wildman–Crippen LogP) is 3.23. The van der Waals surface area contributed by atoms with Crippen molar-refractivity contribution in [2.24, 2.45) is 0 Å². The lowest BCUT2D eigenvalue weighted by molar-refractivity contribution is 0.569. The van der Waals surface area contributed by atoms with Gasteiger partial charge in [0.15, 0.2) is 0 Å². The van der Waals surface area contributed by atoms with E-state index < -0.39 is 0 Å². The van der Waals surface area contributed by atoms with E-state index in [9.17, 15) is 4.39 Å². The standard InChI is InChI=1S/C12H18FNS/c1-10(14-8-3-9-15-2)11-4-6-12(13)7-5-11/h4-7,10,14H,3,8-9H2,1-2H3/t10-/m0/s1. The molecule has 15 heavy (non-hydrogen) atoms. The van der Waals surface area contributed by atoms with E-state index in [1.807, 2.05) is 23.9 Å². The summed E-state index contributed by atoms with van der Waals surface area (Å²) < 4.78 is 12.7. The van der Waals surface area contributed by atoms with E-state index in [4.69, 9.17) is 0 Å². The molecular formula is C12H18FNS. The smallest absolute Gasteiger partial charge is 0.123 e. The van der Waals surface area contributed by atoms with Gasteiger partial charge < -0.3 is 5.32 Å². The summed E-state index contributed by atoms with van der Waals surface area (Å²) in [6.07, 6.45) is 3.29. The maximum absolute atomic E-state index is 12.7. The Balaban J connectivity index is 2.33. The summed E-state index contributed by atoms with van der Waals surface area (Å²) in [6, 6.07) is 6.99. The van der Waals surface area contributed by atoms with Crippen molar-refractivity contribution in [2.75, 3.05) is 18.6 Å². The van der Waals surface area contributed by atoms with E-state index in [1.54, 1.807) is 0 Å². The van der Waals surface area contributed by atoms with Gasteiger partial charge in [-0.1, -0.05) is 12.1 Å². The fourth-order valence-electron chi connectivity index (χ4n) is 1.40. The second kappa shape index (κ2) is 6.85. The molecule has 3 heteroatoms. The SMILES string of the molecule is CSCCCN[C@@H](C)c1ccc(F)cc1. The largest absolute Gasteiger partial charge is 0.310 e. The van der Waals surface area contributed by atoms with Gasteiger partial charge in [0.25, 0.3) is 0 Å². The molecular weight excluding hydrogens is 209 g/mol. The van der Waals surface area contributed by atoms with Crippen LogP contribution in [0.5, 0.6) is 0 Å². The van der Waals surface area contributed by atoms with Crippen LogP contribution in [0.1, 0.15) is 24.9 Å². The van der Waals surface area contributed by atoms with Gasteiger partial charge in [0.05, 0.1) is 0 Å². The Labute approximate surface area is 95.5 Å². The molecule has 0 aliphatic rings. The molecule has 0 heterocycles. The minimum atomic E-state index is -0.173. The van der Waals surface area contributed by atoms with Crippen LogP contribution in [0.25, 0.3) is 0 Å². The minimum Gasteiger partial charge on any atom is -0.310 e. The van der Waals surface area contributed by atoms with Crippen LogP contribution >= 0.6 is 11.8 Å². The normalized spacial score (nSPS) is 12.7. The molecule has 0 amide bonds. The third-order valence-electron chi connectivity index (χ3n) is 2.35. The van der Waals surface area contributed by atoms with Crippen LogP contribution in [-0.2, 0) is 0 Å².